The Kier molecular flexibility index (Phi) is 3.13. The van der Waals surface area contributed by atoms with Crippen molar-refractivity contribution in [3.63, 3.8) is 0 Å². The lowest BCUT2D eigenvalue weighted by atomic mass is 10.2. The molecule has 2 heterocycles. The quantitative estimate of drug-likeness (QED) is 0.743. The zero-order valence-corrected chi connectivity index (χ0v) is 10.7. The van der Waals surface area contributed by atoms with Crippen LogP contribution in [-0.2, 0) is 16.9 Å². The van der Waals surface area contributed by atoms with Gasteiger partial charge in [0.25, 0.3) is 5.91 Å². The lowest BCUT2D eigenvalue weighted by molar-refractivity contribution is 0.0941. The minimum Gasteiger partial charge on any atom is -0.347 e. The standard InChI is InChI=1S/C9H12ClN3O3S/c1-13-3-6(2-11-13)9(14)12-8-5-17(15,16)4-7(8)10/h2-3,7-8H,4-5H2,1H3,(H,12,14). The van der Waals surface area contributed by atoms with Crippen molar-refractivity contribution in [2.45, 2.75) is 11.4 Å². The number of halogens is 1. The van der Waals surface area contributed by atoms with Gasteiger partial charge < -0.3 is 5.32 Å². The molecule has 1 fully saturated rings. The van der Waals surface area contributed by atoms with Gasteiger partial charge in [0.15, 0.2) is 9.84 Å². The fraction of sp³-hybridized carbons (Fsp3) is 0.556. The monoisotopic (exact) mass is 277 g/mol. The first-order chi connectivity index (χ1) is 7.87. The Morgan fingerprint density at radius 3 is 2.76 bits per heavy atom. The fourth-order valence-corrected chi connectivity index (χ4v) is 4.28. The molecular formula is C9H12ClN3O3S. The molecule has 1 aliphatic rings. The third kappa shape index (κ3) is 2.78. The van der Waals surface area contributed by atoms with Crippen LogP contribution >= 0.6 is 11.6 Å². The Morgan fingerprint density at radius 2 is 2.29 bits per heavy atom. The van der Waals surface area contributed by atoms with E-state index in [2.05, 4.69) is 10.4 Å². The van der Waals surface area contributed by atoms with Gasteiger partial charge >= 0.3 is 0 Å². The SMILES string of the molecule is Cn1cc(C(=O)NC2CS(=O)(=O)CC2Cl)cn1. The molecule has 0 radical (unpaired) electrons. The van der Waals surface area contributed by atoms with E-state index in [0.717, 1.165) is 0 Å². The Balaban J connectivity index is 2.05. The van der Waals surface area contributed by atoms with E-state index in [1.54, 1.807) is 13.2 Å². The van der Waals surface area contributed by atoms with Crippen molar-refractivity contribution in [1.29, 1.82) is 0 Å². The minimum absolute atomic E-state index is 0.0907. The van der Waals surface area contributed by atoms with Crippen molar-refractivity contribution in [3.8, 4) is 0 Å². The van der Waals surface area contributed by atoms with E-state index in [1.807, 2.05) is 0 Å². The summed E-state index contributed by atoms with van der Waals surface area (Å²) in [7, 11) is -1.44. The van der Waals surface area contributed by atoms with E-state index < -0.39 is 21.3 Å². The number of aromatic nitrogens is 2. The molecule has 1 aliphatic heterocycles. The molecule has 0 bridgehead atoms. The van der Waals surface area contributed by atoms with Gasteiger partial charge in [0, 0.05) is 13.2 Å². The molecule has 0 spiro atoms. The highest BCUT2D eigenvalue weighted by atomic mass is 35.5. The second-order valence-corrected chi connectivity index (χ2v) is 6.79. The molecular weight excluding hydrogens is 266 g/mol. The third-order valence-electron chi connectivity index (χ3n) is 2.57. The fourth-order valence-electron chi connectivity index (χ4n) is 1.73. The van der Waals surface area contributed by atoms with Gasteiger partial charge in [0.05, 0.1) is 34.7 Å². The van der Waals surface area contributed by atoms with Crippen LogP contribution in [0.1, 0.15) is 10.4 Å². The summed E-state index contributed by atoms with van der Waals surface area (Å²) in [5, 5.41) is 5.91. The zero-order chi connectivity index (χ0) is 12.6. The summed E-state index contributed by atoms with van der Waals surface area (Å²) in [6.07, 6.45) is 2.98. The van der Waals surface area contributed by atoms with Gasteiger partial charge in [-0.2, -0.15) is 5.10 Å². The van der Waals surface area contributed by atoms with E-state index in [9.17, 15) is 13.2 Å². The smallest absolute Gasteiger partial charge is 0.254 e. The summed E-state index contributed by atoms with van der Waals surface area (Å²) in [4.78, 5) is 11.8. The molecule has 2 rings (SSSR count). The highest BCUT2D eigenvalue weighted by Gasteiger charge is 2.37. The predicted molar refractivity (Wildman–Crippen MR) is 62.8 cm³/mol. The average Bonchev–Trinajstić information content (AvgIpc) is 2.71. The van der Waals surface area contributed by atoms with Crippen LogP contribution in [0.5, 0.6) is 0 Å². The molecule has 6 nitrogen and oxygen atoms in total. The van der Waals surface area contributed by atoms with Gasteiger partial charge in [0.1, 0.15) is 0 Å². The van der Waals surface area contributed by atoms with E-state index in [-0.39, 0.29) is 17.4 Å². The lowest BCUT2D eigenvalue weighted by Gasteiger charge is -2.13. The van der Waals surface area contributed by atoms with Crippen LogP contribution in [0.15, 0.2) is 12.4 Å². The first-order valence-corrected chi connectivity index (χ1v) is 7.27. The molecule has 0 aliphatic carbocycles. The van der Waals surface area contributed by atoms with Crippen LogP contribution in [0.2, 0.25) is 0 Å². The largest absolute Gasteiger partial charge is 0.347 e. The van der Waals surface area contributed by atoms with E-state index >= 15 is 0 Å². The Bertz CT molecular complexity index is 539. The molecule has 2 atom stereocenters. The normalized spacial score (nSPS) is 26.9. The second-order valence-electron chi connectivity index (χ2n) is 4.08. The van der Waals surface area contributed by atoms with Gasteiger partial charge in [-0.05, 0) is 0 Å². The maximum Gasteiger partial charge on any atom is 0.254 e. The first kappa shape index (κ1) is 12.4. The van der Waals surface area contributed by atoms with Gasteiger partial charge in [-0.15, -0.1) is 11.6 Å². The number of alkyl halides is 1. The zero-order valence-electron chi connectivity index (χ0n) is 9.13. The number of aryl methyl sites for hydroxylation is 1. The number of carbonyl (C=O) groups excluding carboxylic acids is 1. The number of nitrogens with one attached hydrogen (secondary N) is 1. The highest BCUT2D eigenvalue weighted by Crippen LogP contribution is 2.18. The van der Waals surface area contributed by atoms with Gasteiger partial charge in [-0.1, -0.05) is 0 Å². The summed E-state index contributed by atoms with van der Waals surface area (Å²) < 4.78 is 24.1. The summed E-state index contributed by atoms with van der Waals surface area (Å²) in [6, 6.07) is -0.533. The van der Waals surface area contributed by atoms with Crippen molar-refractivity contribution in [2.24, 2.45) is 7.05 Å². The number of sulfone groups is 1. The molecule has 1 amide bonds. The van der Waals surface area contributed by atoms with Gasteiger partial charge in [0.2, 0.25) is 0 Å². The molecule has 1 aromatic rings. The molecule has 1 aromatic heterocycles. The molecule has 94 valence electrons. The summed E-state index contributed by atoms with van der Waals surface area (Å²) in [6.45, 7) is 0. The van der Waals surface area contributed by atoms with Crippen LogP contribution in [0.3, 0.4) is 0 Å². The van der Waals surface area contributed by atoms with Crippen molar-refractivity contribution in [2.75, 3.05) is 11.5 Å². The Morgan fingerprint density at radius 1 is 1.59 bits per heavy atom. The van der Waals surface area contributed by atoms with Crippen LogP contribution in [0.25, 0.3) is 0 Å². The molecule has 1 saturated heterocycles. The predicted octanol–water partition coefficient (Wildman–Crippen LogP) is -0.446. The number of nitrogens with zero attached hydrogens (tertiary/aromatic N) is 2. The van der Waals surface area contributed by atoms with Gasteiger partial charge in [-0.3, -0.25) is 9.48 Å². The van der Waals surface area contributed by atoms with E-state index in [0.29, 0.717) is 5.56 Å². The Hall–Kier alpha value is -1.08. The van der Waals surface area contributed by atoms with Crippen LogP contribution in [0.4, 0.5) is 0 Å². The van der Waals surface area contributed by atoms with Crippen LogP contribution < -0.4 is 5.32 Å². The van der Waals surface area contributed by atoms with Crippen molar-refractivity contribution < 1.29 is 13.2 Å². The topological polar surface area (TPSA) is 81.1 Å². The second kappa shape index (κ2) is 4.30. The Labute approximate surface area is 104 Å². The number of rotatable bonds is 2. The van der Waals surface area contributed by atoms with E-state index in [1.165, 1.54) is 10.9 Å². The van der Waals surface area contributed by atoms with Crippen LogP contribution in [0, 0.1) is 0 Å². The maximum absolute atomic E-state index is 11.8. The van der Waals surface area contributed by atoms with Crippen molar-refractivity contribution >= 4 is 27.3 Å². The molecule has 8 heteroatoms. The van der Waals surface area contributed by atoms with E-state index in [4.69, 9.17) is 11.6 Å². The summed E-state index contributed by atoms with van der Waals surface area (Å²) in [5.41, 5.74) is 0.390. The maximum atomic E-state index is 11.8. The first-order valence-electron chi connectivity index (χ1n) is 5.01. The number of hydrogen-bond acceptors (Lipinski definition) is 4. The molecule has 0 aromatic carbocycles. The summed E-state index contributed by atoms with van der Waals surface area (Å²) in [5.74, 6) is -0.550. The number of hydrogen-bond donors (Lipinski definition) is 1. The third-order valence-corrected chi connectivity index (χ3v) is 4.94. The lowest BCUT2D eigenvalue weighted by Crippen LogP contribution is -2.40. The molecule has 17 heavy (non-hydrogen) atoms. The number of carbonyl (C=O) groups is 1. The van der Waals surface area contributed by atoms with Crippen molar-refractivity contribution in [3.05, 3.63) is 18.0 Å². The summed E-state index contributed by atoms with van der Waals surface area (Å²) >= 11 is 5.88. The average molecular weight is 278 g/mol. The minimum atomic E-state index is -3.13. The van der Waals surface area contributed by atoms with Crippen LogP contribution in [-0.4, -0.2) is 47.0 Å². The highest BCUT2D eigenvalue weighted by molar-refractivity contribution is 7.91. The molecule has 0 saturated carbocycles. The number of amides is 1. The molecule has 1 N–H and O–H groups in total. The molecule has 2 unspecified atom stereocenters. The van der Waals surface area contributed by atoms with Crippen molar-refractivity contribution in [1.82, 2.24) is 15.1 Å². The van der Waals surface area contributed by atoms with Gasteiger partial charge in [-0.25, -0.2) is 8.42 Å².